The van der Waals surface area contributed by atoms with Gasteiger partial charge in [-0.2, -0.15) is 8.78 Å². The van der Waals surface area contributed by atoms with Gasteiger partial charge in [-0.3, -0.25) is 0 Å². The van der Waals surface area contributed by atoms with Crippen molar-refractivity contribution in [2.75, 3.05) is 18.5 Å². The average Bonchev–Trinajstić information content (AvgIpc) is 2.41. The number of carbonyl (C=O) groups excluding carboxylic acids is 1. The minimum Gasteiger partial charge on any atom is -0.435 e. The molecule has 1 heterocycles. The summed E-state index contributed by atoms with van der Waals surface area (Å²) in [6.07, 6.45) is 0. The number of halogens is 2. The van der Waals surface area contributed by atoms with E-state index in [2.05, 4.69) is 10.1 Å². The van der Waals surface area contributed by atoms with Crippen LogP contribution in [-0.4, -0.2) is 42.3 Å². The van der Waals surface area contributed by atoms with Crippen molar-refractivity contribution in [2.24, 2.45) is 0 Å². The number of hydrogen-bond acceptors (Lipinski definition) is 3. The summed E-state index contributed by atoms with van der Waals surface area (Å²) in [5.74, 6) is 0.00292. The van der Waals surface area contributed by atoms with Gasteiger partial charge in [-0.25, -0.2) is 4.79 Å². The quantitative estimate of drug-likeness (QED) is 0.931. The number of ether oxygens (including phenoxy) is 2. The smallest absolute Gasteiger partial charge is 0.387 e. The van der Waals surface area contributed by atoms with Gasteiger partial charge in [0.25, 0.3) is 0 Å². The molecule has 0 spiro atoms. The molecular formula is C15H20F2N2O3. The van der Waals surface area contributed by atoms with E-state index in [1.165, 1.54) is 12.1 Å². The molecule has 1 aliphatic rings. The molecular weight excluding hydrogens is 294 g/mol. The third kappa shape index (κ3) is 3.85. The van der Waals surface area contributed by atoms with Gasteiger partial charge in [-0.1, -0.05) is 6.07 Å². The average molecular weight is 314 g/mol. The molecule has 1 aliphatic heterocycles. The number of morpholine rings is 1. The number of urea groups is 1. The number of amides is 2. The van der Waals surface area contributed by atoms with Crippen molar-refractivity contribution < 1.29 is 23.0 Å². The number of hydrogen-bond donors (Lipinski definition) is 1. The summed E-state index contributed by atoms with van der Waals surface area (Å²) < 4.78 is 34.4. The molecule has 1 aromatic rings. The van der Waals surface area contributed by atoms with Crippen LogP contribution < -0.4 is 10.1 Å². The summed E-state index contributed by atoms with van der Waals surface area (Å²) in [6, 6.07) is 5.52. The number of nitrogens with one attached hydrogen (secondary N) is 1. The first-order valence-electron chi connectivity index (χ1n) is 7.06. The van der Waals surface area contributed by atoms with Crippen LogP contribution in [0, 0.1) is 0 Å². The third-order valence-electron chi connectivity index (χ3n) is 3.85. The number of nitrogens with zero attached hydrogens (tertiary/aromatic N) is 1. The second-order valence-electron chi connectivity index (χ2n) is 5.66. The first-order valence-corrected chi connectivity index (χ1v) is 7.06. The minimum atomic E-state index is -2.90. The molecule has 0 bridgehead atoms. The van der Waals surface area contributed by atoms with E-state index in [1.807, 2.05) is 20.8 Å². The molecule has 22 heavy (non-hydrogen) atoms. The van der Waals surface area contributed by atoms with Gasteiger partial charge in [-0.05, 0) is 32.9 Å². The number of rotatable bonds is 3. The van der Waals surface area contributed by atoms with Gasteiger partial charge in [0.15, 0.2) is 0 Å². The Balaban J connectivity index is 2.05. The Morgan fingerprint density at radius 2 is 2.23 bits per heavy atom. The van der Waals surface area contributed by atoms with Crippen LogP contribution in [-0.2, 0) is 4.74 Å². The maximum atomic E-state index is 12.4. The topological polar surface area (TPSA) is 50.8 Å². The third-order valence-corrected chi connectivity index (χ3v) is 3.85. The van der Waals surface area contributed by atoms with Crippen LogP contribution in [0.15, 0.2) is 24.3 Å². The van der Waals surface area contributed by atoms with Gasteiger partial charge < -0.3 is 19.7 Å². The zero-order valence-electron chi connectivity index (χ0n) is 12.8. The van der Waals surface area contributed by atoms with Gasteiger partial charge in [-0.15, -0.1) is 0 Å². The van der Waals surface area contributed by atoms with Crippen molar-refractivity contribution in [1.29, 1.82) is 0 Å². The zero-order valence-corrected chi connectivity index (χ0v) is 12.8. The Kier molecular flexibility index (Phi) is 4.85. The van der Waals surface area contributed by atoms with Gasteiger partial charge in [0.2, 0.25) is 0 Å². The molecule has 1 unspecified atom stereocenters. The van der Waals surface area contributed by atoms with Crippen LogP contribution in [0.4, 0.5) is 19.3 Å². The van der Waals surface area contributed by atoms with Gasteiger partial charge in [0, 0.05) is 18.3 Å². The highest BCUT2D eigenvalue weighted by Crippen LogP contribution is 2.25. The summed E-state index contributed by atoms with van der Waals surface area (Å²) in [7, 11) is 0. The molecule has 0 radical (unpaired) electrons. The lowest BCUT2D eigenvalue weighted by Gasteiger charge is -2.44. The Labute approximate surface area is 128 Å². The summed E-state index contributed by atoms with van der Waals surface area (Å²) >= 11 is 0. The van der Waals surface area contributed by atoms with E-state index in [0.29, 0.717) is 18.8 Å². The molecule has 0 aromatic heterocycles. The standard InChI is InChI=1S/C15H20F2N2O3/c1-10-15(2,3)21-8-7-19(10)14(20)18-11-5-4-6-12(9-11)22-13(16)17/h4-6,9-10,13H,7-8H2,1-3H3,(H,18,20). The lowest BCUT2D eigenvalue weighted by atomic mass is 9.97. The predicted molar refractivity (Wildman–Crippen MR) is 78.3 cm³/mol. The van der Waals surface area contributed by atoms with Crippen LogP contribution in [0.5, 0.6) is 5.75 Å². The van der Waals surface area contributed by atoms with Crippen LogP contribution in [0.1, 0.15) is 20.8 Å². The Bertz CT molecular complexity index is 537. The molecule has 2 amide bonds. The van der Waals surface area contributed by atoms with Crippen LogP contribution >= 0.6 is 0 Å². The van der Waals surface area contributed by atoms with Crippen molar-refractivity contribution in [3.63, 3.8) is 0 Å². The lowest BCUT2D eigenvalue weighted by Crippen LogP contribution is -2.58. The van der Waals surface area contributed by atoms with Crippen LogP contribution in [0.3, 0.4) is 0 Å². The fourth-order valence-electron chi connectivity index (χ4n) is 2.32. The monoisotopic (exact) mass is 314 g/mol. The Morgan fingerprint density at radius 3 is 2.91 bits per heavy atom. The molecule has 1 aromatic carbocycles. The highest BCUT2D eigenvalue weighted by Gasteiger charge is 2.37. The molecule has 2 rings (SSSR count). The molecule has 7 heteroatoms. The summed E-state index contributed by atoms with van der Waals surface area (Å²) in [5.41, 5.74) is -0.0318. The molecule has 0 saturated carbocycles. The Morgan fingerprint density at radius 1 is 1.50 bits per heavy atom. The number of benzene rings is 1. The molecule has 122 valence electrons. The van der Waals surface area contributed by atoms with Gasteiger partial charge >= 0.3 is 12.6 Å². The van der Waals surface area contributed by atoms with Crippen molar-refractivity contribution in [2.45, 2.75) is 39.0 Å². The van der Waals surface area contributed by atoms with Crippen molar-refractivity contribution in [3.05, 3.63) is 24.3 Å². The first kappa shape index (κ1) is 16.5. The second-order valence-corrected chi connectivity index (χ2v) is 5.66. The normalized spacial score (nSPS) is 20.8. The molecule has 5 nitrogen and oxygen atoms in total. The zero-order chi connectivity index (χ0) is 16.3. The van der Waals surface area contributed by atoms with Crippen LogP contribution in [0.2, 0.25) is 0 Å². The van der Waals surface area contributed by atoms with Crippen LogP contribution in [0.25, 0.3) is 0 Å². The van der Waals surface area contributed by atoms with E-state index >= 15 is 0 Å². The van der Waals surface area contributed by atoms with E-state index in [4.69, 9.17) is 4.74 Å². The number of carbonyl (C=O) groups is 1. The molecule has 0 aliphatic carbocycles. The van der Waals surface area contributed by atoms with Crippen molar-refractivity contribution in [3.8, 4) is 5.75 Å². The van der Waals surface area contributed by atoms with Gasteiger partial charge in [0.1, 0.15) is 5.75 Å². The molecule has 1 fully saturated rings. The predicted octanol–water partition coefficient (Wildman–Crippen LogP) is 3.32. The van der Waals surface area contributed by atoms with Crippen molar-refractivity contribution in [1.82, 2.24) is 4.90 Å². The lowest BCUT2D eigenvalue weighted by molar-refractivity contribution is -0.105. The van der Waals surface area contributed by atoms with E-state index in [1.54, 1.807) is 17.0 Å². The fourth-order valence-corrected chi connectivity index (χ4v) is 2.32. The number of alkyl halides is 2. The van der Waals surface area contributed by atoms with E-state index in [-0.39, 0.29) is 17.8 Å². The molecule has 1 atom stereocenters. The first-order chi connectivity index (χ1) is 10.3. The summed E-state index contributed by atoms with van der Waals surface area (Å²) in [4.78, 5) is 14.0. The summed E-state index contributed by atoms with van der Waals surface area (Å²) in [5, 5.41) is 2.70. The fraction of sp³-hybridized carbons (Fsp3) is 0.533. The molecule has 1 N–H and O–H groups in total. The molecule has 1 saturated heterocycles. The Hall–Kier alpha value is -1.89. The largest absolute Gasteiger partial charge is 0.435 e. The maximum Gasteiger partial charge on any atom is 0.387 e. The maximum absolute atomic E-state index is 12.4. The van der Waals surface area contributed by atoms with E-state index in [9.17, 15) is 13.6 Å². The van der Waals surface area contributed by atoms with Crippen molar-refractivity contribution >= 4 is 11.7 Å². The van der Waals surface area contributed by atoms with E-state index in [0.717, 1.165) is 0 Å². The highest BCUT2D eigenvalue weighted by atomic mass is 19.3. The van der Waals surface area contributed by atoms with E-state index < -0.39 is 12.2 Å². The summed E-state index contributed by atoms with van der Waals surface area (Å²) in [6.45, 7) is 3.80. The highest BCUT2D eigenvalue weighted by molar-refractivity contribution is 5.89. The number of anilines is 1. The minimum absolute atomic E-state index is 0.00292. The second kappa shape index (κ2) is 6.48. The van der Waals surface area contributed by atoms with Gasteiger partial charge in [0.05, 0.1) is 18.2 Å². The SMILES string of the molecule is CC1N(C(=O)Nc2cccc(OC(F)F)c2)CCOC1(C)C.